The van der Waals surface area contributed by atoms with Gasteiger partial charge in [0.2, 0.25) is 17.7 Å². The number of nitrogens with one attached hydrogen (secondary N) is 4. The summed E-state index contributed by atoms with van der Waals surface area (Å²) in [6.07, 6.45) is -7.27. The standard InChI is InChI=1S/C65H90N11O28P3S3/c1-9-19-90-65(89)101-45-20-53(73-24-35(2)57(81)66-61(73)85)98-50(45)32-94-106(109,92-30-43-14-11-17-71(43)40(7)79)103-47-22-55(75-26-37(4)59(83)68-63(75)87)100-52(47)34-96-107(110,93-31-44-15-12-18-72(44)41(8)80)104-48-23-56(76-27-38(5)60(84)69-64(76)88)99-51(48)33-95-105(108,91-29-42-13-10-16-70(42)39(6)78)102-46-21-54(97-49(46)28-77)74-25-36(3)58(82)67-62(74)86/h9,24-27,42-56,77H,1,10-23,28-34H2,2-8H3,(H,66,81,85)(H,67,82,86)(H,68,83,87)(H,69,84,88)/t42?,43?,44?,45-,46-,47-,48-,49?,50?,51?,52?,53?,54?,55?,56?,105?,106?,107?/m1/s1. The summed E-state index contributed by atoms with van der Waals surface area (Å²) in [4.78, 5) is 171. The summed E-state index contributed by atoms with van der Waals surface area (Å²) in [6, 6.07) is -1.59. The summed E-state index contributed by atoms with van der Waals surface area (Å²) < 4.78 is 101. The molecule has 0 spiro atoms. The monoisotopic (exact) mass is 1660 g/mol. The van der Waals surface area contributed by atoms with Crippen LogP contribution in [0.15, 0.2) is 75.8 Å². The van der Waals surface area contributed by atoms with Gasteiger partial charge in [0.1, 0.15) is 62.0 Å². The smallest absolute Gasteiger partial charge is 0.430 e. The Morgan fingerprint density at radius 2 is 0.736 bits per heavy atom. The number of hydrogen-bond acceptors (Lipinski definition) is 31. The molecule has 0 saturated carbocycles. The normalized spacial score (nSPS) is 28.5. The molecule has 11 rings (SSSR count). The van der Waals surface area contributed by atoms with E-state index in [1.807, 2.05) is 0 Å². The van der Waals surface area contributed by atoms with E-state index in [1.54, 1.807) is 14.7 Å². The van der Waals surface area contributed by atoms with E-state index in [9.17, 15) is 62.6 Å². The topological polar surface area (TPSA) is 456 Å². The molecule has 0 bridgehead atoms. The molecule has 45 heteroatoms. The molecule has 5 N–H and O–H groups in total. The zero-order valence-electron chi connectivity index (χ0n) is 61.3. The molecule has 4 aromatic heterocycles. The summed E-state index contributed by atoms with van der Waals surface area (Å²) >= 11 is 19.0. The molecule has 0 radical (unpaired) electrons. The first kappa shape index (κ1) is 84.4. The zero-order chi connectivity index (χ0) is 79.3. The Morgan fingerprint density at radius 1 is 0.464 bits per heavy atom. The first-order chi connectivity index (χ1) is 52.2. The molecule has 0 aromatic carbocycles. The van der Waals surface area contributed by atoms with Crippen molar-refractivity contribution in [3.05, 3.63) is 143 Å². The molecular weight excluding hydrogens is 1570 g/mol. The van der Waals surface area contributed by atoms with Crippen molar-refractivity contribution in [2.75, 3.05) is 72.5 Å². The van der Waals surface area contributed by atoms with Crippen molar-refractivity contribution in [2.24, 2.45) is 0 Å². The Kier molecular flexibility index (Phi) is 27.9. The number of carbonyl (C=O) groups excluding carboxylic acids is 4. The van der Waals surface area contributed by atoms with Crippen molar-refractivity contribution in [2.45, 2.75) is 205 Å². The van der Waals surface area contributed by atoms with Crippen LogP contribution < -0.4 is 45.0 Å². The molecule has 606 valence electrons. The second-order valence-electron chi connectivity index (χ2n) is 27.6. The highest BCUT2D eigenvalue weighted by Gasteiger charge is 2.50. The molecule has 110 heavy (non-hydrogen) atoms. The number of aliphatic hydroxyl groups is 1. The fraction of sp³-hybridized carbons (Fsp3) is 0.662. The highest BCUT2D eigenvalue weighted by atomic mass is 32.5. The van der Waals surface area contributed by atoms with Gasteiger partial charge in [-0.3, -0.25) is 71.8 Å². The number of aryl methyl sites for hydroxylation is 4. The minimum Gasteiger partial charge on any atom is -0.430 e. The van der Waals surface area contributed by atoms with Crippen LogP contribution in [0.5, 0.6) is 0 Å². The minimum absolute atomic E-state index is 0.111. The Bertz CT molecular complexity index is 4740. The van der Waals surface area contributed by atoms with Crippen LogP contribution >= 0.6 is 20.2 Å². The van der Waals surface area contributed by atoms with Crippen LogP contribution in [-0.4, -0.2) is 221 Å². The van der Waals surface area contributed by atoms with Gasteiger partial charge >= 0.3 is 49.1 Å². The summed E-state index contributed by atoms with van der Waals surface area (Å²) in [6.45, 7) is -1.49. The molecule has 0 aliphatic carbocycles. The van der Waals surface area contributed by atoms with Gasteiger partial charge in [0.15, 0.2) is 0 Å². The first-order valence-electron chi connectivity index (χ1n) is 35.7. The molecule has 18 atom stereocenters. The van der Waals surface area contributed by atoms with E-state index >= 15 is 0 Å². The lowest BCUT2D eigenvalue weighted by atomic mass is 10.2. The van der Waals surface area contributed by atoms with Gasteiger partial charge in [0.05, 0.1) is 82.7 Å². The minimum atomic E-state index is -4.42. The number of aliphatic hydroxyl groups excluding tert-OH is 1. The number of nitrogens with zero attached hydrogens (tertiary/aromatic N) is 7. The van der Waals surface area contributed by atoms with Gasteiger partial charge in [0, 0.05) is 113 Å². The number of aromatic amines is 4. The van der Waals surface area contributed by atoms with E-state index in [0.29, 0.717) is 58.2 Å². The largest absolute Gasteiger partial charge is 0.508 e. The zero-order valence-corrected chi connectivity index (χ0v) is 66.4. The van der Waals surface area contributed by atoms with Crippen LogP contribution in [0.4, 0.5) is 4.79 Å². The maximum Gasteiger partial charge on any atom is 0.508 e. The summed E-state index contributed by atoms with van der Waals surface area (Å²) in [5, 5.41) is 10.7. The van der Waals surface area contributed by atoms with Crippen molar-refractivity contribution in [3.8, 4) is 0 Å². The van der Waals surface area contributed by atoms with Gasteiger partial charge in [-0.1, -0.05) is 12.7 Å². The van der Waals surface area contributed by atoms with Crippen LogP contribution in [0.2, 0.25) is 0 Å². The SMILES string of the molecule is C=CCOC(=O)O[C@@H]1CC(n2cc(C)c(=O)[nH]c2=O)OC1COP(=S)(OCC1CCCN1C(C)=O)O[C@@H]1CC(n2cc(C)c(=O)[nH]c2=O)OC1COP(=S)(OCC1CCCN1C(C)=O)O[C@@H]1CC(n2cc(C)c(=O)[nH]c2=O)OC1COP(=S)(OCC1CCCN1C(C)=O)O[C@@H]1CC(n2cc(C)c(=O)[nH]c2=O)OC1CO. The molecule has 39 nitrogen and oxygen atoms in total. The van der Waals surface area contributed by atoms with E-state index in [-0.39, 0.29) is 92.1 Å². The average molecular weight is 1660 g/mol. The number of carbonyl (C=O) groups is 4. The van der Waals surface area contributed by atoms with Gasteiger partial charge in [-0.25, -0.2) is 24.0 Å². The third kappa shape index (κ3) is 20.4. The summed E-state index contributed by atoms with van der Waals surface area (Å²) in [7, 11) is 0. The Morgan fingerprint density at radius 3 is 1.03 bits per heavy atom. The lowest BCUT2D eigenvalue weighted by molar-refractivity contribution is -0.131. The maximum atomic E-state index is 13.8. The molecule has 11 heterocycles. The maximum absolute atomic E-state index is 13.8. The molecule has 4 aromatic rings. The molecule has 7 fully saturated rings. The van der Waals surface area contributed by atoms with Gasteiger partial charge in [-0.2, -0.15) is 0 Å². The Hall–Kier alpha value is -6.47. The number of likely N-dealkylation sites (tertiary alicyclic amines) is 3. The molecular formula is C65H90N11O28P3S3. The van der Waals surface area contributed by atoms with Crippen molar-refractivity contribution in [3.63, 3.8) is 0 Å². The van der Waals surface area contributed by atoms with E-state index < -0.39 is 190 Å². The van der Waals surface area contributed by atoms with E-state index in [4.69, 9.17) is 105 Å². The second-order valence-corrected chi connectivity index (χ2v) is 36.5. The van der Waals surface area contributed by atoms with Gasteiger partial charge in [0.25, 0.3) is 22.2 Å². The lowest BCUT2D eigenvalue weighted by Gasteiger charge is -2.33. The number of hydrogen-bond donors (Lipinski definition) is 5. The Balaban J connectivity index is 0.929. The van der Waals surface area contributed by atoms with Crippen LogP contribution in [-0.2, 0) is 119 Å². The molecule has 7 aliphatic heterocycles. The molecule has 7 aliphatic rings. The van der Waals surface area contributed by atoms with E-state index in [2.05, 4.69) is 26.5 Å². The van der Waals surface area contributed by atoms with Crippen LogP contribution in [0.25, 0.3) is 0 Å². The van der Waals surface area contributed by atoms with Crippen molar-refractivity contribution >= 4 is 79.5 Å². The Labute approximate surface area is 642 Å². The van der Waals surface area contributed by atoms with Gasteiger partial charge in [-0.15, -0.1) is 0 Å². The highest BCUT2D eigenvalue weighted by molar-refractivity contribution is 8.08. The predicted octanol–water partition coefficient (Wildman–Crippen LogP) is 2.23. The second kappa shape index (κ2) is 36.3. The third-order valence-electron chi connectivity index (χ3n) is 19.9. The number of H-pyrrole nitrogens is 4. The highest BCUT2D eigenvalue weighted by Crippen LogP contribution is 2.59. The number of amides is 3. The quantitative estimate of drug-likeness (QED) is 0.0266. The molecule has 7 saturated heterocycles. The fourth-order valence-electron chi connectivity index (χ4n) is 14.1. The summed E-state index contributed by atoms with van der Waals surface area (Å²) in [5.74, 6) is -0.749. The van der Waals surface area contributed by atoms with Gasteiger partial charge < -0.3 is 88.9 Å². The van der Waals surface area contributed by atoms with E-state index in [0.717, 1.165) is 18.3 Å². The summed E-state index contributed by atoms with van der Waals surface area (Å²) in [5.41, 5.74) is -5.49. The van der Waals surface area contributed by atoms with Crippen LogP contribution in [0.3, 0.4) is 0 Å². The fourth-order valence-corrected chi connectivity index (χ4v) is 20.5. The van der Waals surface area contributed by atoms with Crippen molar-refractivity contribution < 1.29 is 93.4 Å². The van der Waals surface area contributed by atoms with Crippen LogP contribution in [0.1, 0.15) is 132 Å². The molecule has 3 amide bonds. The van der Waals surface area contributed by atoms with Gasteiger partial charge in [-0.05, 0) is 102 Å². The average Bonchev–Trinajstić information content (AvgIpc) is 1.65. The molecule has 14 unspecified atom stereocenters. The predicted molar refractivity (Wildman–Crippen MR) is 396 cm³/mol. The number of aromatic nitrogens is 8. The number of rotatable bonds is 32. The van der Waals surface area contributed by atoms with Crippen molar-refractivity contribution in [1.29, 1.82) is 0 Å². The van der Waals surface area contributed by atoms with Crippen LogP contribution in [0, 0.1) is 27.7 Å². The number of ether oxygens (including phenoxy) is 6. The van der Waals surface area contributed by atoms with E-state index in [1.165, 1.54) is 79.3 Å². The third-order valence-corrected chi connectivity index (χ3v) is 26.9. The lowest BCUT2D eigenvalue weighted by Crippen LogP contribution is -2.37. The van der Waals surface area contributed by atoms with Crippen molar-refractivity contribution in [1.82, 2.24) is 52.9 Å². The first-order valence-corrected chi connectivity index (χ1v) is 43.4.